The van der Waals surface area contributed by atoms with Gasteiger partial charge in [0.1, 0.15) is 0 Å². The van der Waals surface area contributed by atoms with E-state index in [4.69, 9.17) is 5.73 Å². The lowest BCUT2D eigenvalue weighted by Crippen LogP contribution is -2.32. The number of benzene rings is 1. The first kappa shape index (κ1) is 13.1. The third kappa shape index (κ3) is 3.85. The summed E-state index contributed by atoms with van der Waals surface area (Å²) >= 11 is 2.35. The summed E-state index contributed by atoms with van der Waals surface area (Å²) in [5.41, 5.74) is 7.26. The van der Waals surface area contributed by atoms with Crippen LogP contribution < -0.4 is 10.6 Å². The molecule has 2 N–H and O–H groups in total. The SMILES string of the molecule is CN(CC1CCC(N)CC1)c1ccc(I)cc1. The van der Waals surface area contributed by atoms with Gasteiger partial charge in [-0.3, -0.25) is 0 Å². The summed E-state index contributed by atoms with van der Waals surface area (Å²) in [4.78, 5) is 2.37. The minimum atomic E-state index is 0.454. The first-order valence-corrected chi connectivity index (χ1v) is 7.45. The smallest absolute Gasteiger partial charge is 0.0364 e. The molecule has 1 fully saturated rings. The van der Waals surface area contributed by atoms with Gasteiger partial charge in [0.05, 0.1) is 0 Å². The van der Waals surface area contributed by atoms with E-state index in [0.717, 1.165) is 12.5 Å². The summed E-state index contributed by atoms with van der Waals surface area (Å²) in [6, 6.07) is 9.20. The lowest BCUT2D eigenvalue weighted by molar-refractivity contribution is 0.330. The Hall–Kier alpha value is -0.290. The van der Waals surface area contributed by atoms with E-state index in [1.165, 1.54) is 34.9 Å². The lowest BCUT2D eigenvalue weighted by atomic mass is 9.86. The van der Waals surface area contributed by atoms with Crippen molar-refractivity contribution in [2.75, 3.05) is 18.5 Å². The van der Waals surface area contributed by atoms with Crippen LogP contribution in [0.5, 0.6) is 0 Å². The van der Waals surface area contributed by atoms with Gasteiger partial charge in [0.15, 0.2) is 0 Å². The molecule has 1 saturated carbocycles. The predicted molar refractivity (Wildman–Crippen MR) is 82.4 cm³/mol. The topological polar surface area (TPSA) is 29.3 Å². The number of nitrogens with two attached hydrogens (primary N) is 1. The van der Waals surface area contributed by atoms with Gasteiger partial charge in [0.2, 0.25) is 0 Å². The zero-order chi connectivity index (χ0) is 12.3. The molecule has 0 aliphatic heterocycles. The van der Waals surface area contributed by atoms with Gasteiger partial charge in [-0.25, -0.2) is 0 Å². The highest BCUT2D eigenvalue weighted by Gasteiger charge is 2.19. The molecular formula is C14H21IN2. The minimum Gasteiger partial charge on any atom is -0.374 e. The number of rotatable bonds is 3. The maximum Gasteiger partial charge on any atom is 0.0364 e. The van der Waals surface area contributed by atoms with Gasteiger partial charge in [-0.2, -0.15) is 0 Å². The van der Waals surface area contributed by atoms with Crippen molar-refractivity contribution in [1.82, 2.24) is 0 Å². The molecule has 0 radical (unpaired) electrons. The van der Waals surface area contributed by atoms with Gasteiger partial charge in [0, 0.05) is 28.9 Å². The maximum absolute atomic E-state index is 5.94. The zero-order valence-electron chi connectivity index (χ0n) is 10.4. The van der Waals surface area contributed by atoms with Crippen molar-refractivity contribution in [2.45, 2.75) is 31.7 Å². The molecule has 0 unspecified atom stereocenters. The second-order valence-corrected chi connectivity index (χ2v) is 6.38. The first-order chi connectivity index (χ1) is 8.15. The van der Waals surface area contributed by atoms with E-state index >= 15 is 0 Å². The fraction of sp³-hybridized carbons (Fsp3) is 0.571. The highest BCUT2D eigenvalue weighted by atomic mass is 127. The highest BCUT2D eigenvalue weighted by Crippen LogP contribution is 2.25. The molecule has 3 heteroatoms. The van der Waals surface area contributed by atoms with Gasteiger partial charge in [-0.1, -0.05) is 0 Å². The average molecular weight is 344 g/mol. The third-order valence-corrected chi connectivity index (χ3v) is 4.41. The van der Waals surface area contributed by atoms with Gasteiger partial charge in [0.25, 0.3) is 0 Å². The monoisotopic (exact) mass is 344 g/mol. The van der Waals surface area contributed by atoms with Crippen LogP contribution in [0, 0.1) is 9.49 Å². The van der Waals surface area contributed by atoms with Gasteiger partial charge in [-0.05, 0) is 78.5 Å². The number of nitrogens with zero attached hydrogens (tertiary/aromatic N) is 1. The Balaban J connectivity index is 1.88. The number of halogens is 1. The minimum absolute atomic E-state index is 0.454. The Kier molecular flexibility index (Phi) is 4.68. The quantitative estimate of drug-likeness (QED) is 0.853. The molecule has 0 amide bonds. The molecule has 0 saturated heterocycles. The molecule has 0 spiro atoms. The average Bonchev–Trinajstić information content (AvgIpc) is 2.33. The van der Waals surface area contributed by atoms with Crippen LogP contribution in [-0.2, 0) is 0 Å². The Morgan fingerprint density at radius 2 is 1.76 bits per heavy atom. The van der Waals surface area contributed by atoms with Crippen LogP contribution in [-0.4, -0.2) is 19.6 Å². The van der Waals surface area contributed by atoms with E-state index in [2.05, 4.69) is 58.8 Å². The van der Waals surface area contributed by atoms with Crippen LogP contribution >= 0.6 is 22.6 Å². The Morgan fingerprint density at radius 1 is 1.18 bits per heavy atom. The van der Waals surface area contributed by atoms with E-state index in [1.54, 1.807) is 0 Å². The fourth-order valence-corrected chi connectivity index (χ4v) is 2.92. The van der Waals surface area contributed by atoms with Crippen LogP contribution in [0.1, 0.15) is 25.7 Å². The normalized spacial score (nSPS) is 24.6. The summed E-state index contributed by atoms with van der Waals surface area (Å²) in [7, 11) is 2.19. The molecule has 1 aliphatic carbocycles. The van der Waals surface area contributed by atoms with Gasteiger partial charge < -0.3 is 10.6 Å². The van der Waals surface area contributed by atoms with E-state index in [1.807, 2.05) is 0 Å². The summed E-state index contributed by atoms with van der Waals surface area (Å²) in [6.07, 6.45) is 4.97. The van der Waals surface area contributed by atoms with Crippen molar-refractivity contribution in [3.63, 3.8) is 0 Å². The van der Waals surface area contributed by atoms with E-state index in [-0.39, 0.29) is 0 Å². The molecule has 2 rings (SSSR count). The molecule has 0 heterocycles. The molecule has 1 aromatic carbocycles. The second kappa shape index (κ2) is 6.05. The van der Waals surface area contributed by atoms with Crippen molar-refractivity contribution in [3.8, 4) is 0 Å². The van der Waals surface area contributed by atoms with Crippen LogP contribution in [0.2, 0.25) is 0 Å². The number of hydrogen-bond acceptors (Lipinski definition) is 2. The molecule has 0 aromatic heterocycles. The number of hydrogen-bond donors (Lipinski definition) is 1. The molecule has 1 aromatic rings. The fourth-order valence-electron chi connectivity index (χ4n) is 2.56. The van der Waals surface area contributed by atoms with Crippen LogP contribution in [0.4, 0.5) is 5.69 Å². The third-order valence-electron chi connectivity index (χ3n) is 3.69. The largest absolute Gasteiger partial charge is 0.374 e. The summed E-state index contributed by atoms with van der Waals surface area (Å²) in [5.74, 6) is 0.819. The van der Waals surface area contributed by atoms with Gasteiger partial charge >= 0.3 is 0 Å². The Labute approximate surface area is 118 Å². The second-order valence-electron chi connectivity index (χ2n) is 5.14. The standard InChI is InChI=1S/C14H21IN2/c1-17(14-8-4-12(15)5-9-14)10-11-2-6-13(16)7-3-11/h4-5,8-9,11,13H,2-3,6-7,10,16H2,1H3. The summed E-state index contributed by atoms with van der Waals surface area (Å²) in [5, 5.41) is 0. The van der Waals surface area contributed by atoms with Crippen molar-refractivity contribution in [3.05, 3.63) is 27.8 Å². The van der Waals surface area contributed by atoms with Crippen LogP contribution in [0.25, 0.3) is 0 Å². The molecule has 1 aliphatic rings. The van der Waals surface area contributed by atoms with Crippen LogP contribution in [0.3, 0.4) is 0 Å². The predicted octanol–water partition coefficient (Wildman–Crippen LogP) is 3.24. The maximum atomic E-state index is 5.94. The molecular weight excluding hydrogens is 323 g/mol. The van der Waals surface area contributed by atoms with Crippen molar-refractivity contribution in [1.29, 1.82) is 0 Å². The van der Waals surface area contributed by atoms with E-state index in [0.29, 0.717) is 6.04 Å². The van der Waals surface area contributed by atoms with E-state index in [9.17, 15) is 0 Å². The summed E-state index contributed by atoms with van der Waals surface area (Å²) < 4.78 is 1.29. The Bertz CT molecular complexity index is 342. The number of anilines is 1. The van der Waals surface area contributed by atoms with Crippen molar-refractivity contribution >= 4 is 28.3 Å². The van der Waals surface area contributed by atoms with Crippen LogP contribution in [0.15, 0.2) is 24.3 Å². The zero-order valence-corrected chi connectivity index (χ0v) is 12.6. The van der Waals surface area contributed by atoms with Crippen molar-refractivity contribution in [2.24, 2.45) is 11.7 Å². The Morgan fingerprint density at radius 3 is 2.35 bits per heavy atom. The molecule has 94 valence electrons. The molecule has 0 bridgehead atoms. The van der Waals surface area contributed by atoms with E-state index < -0.39 is 0 Å². The summed E-state index contributed by atoms with van der Waals surface area (Å²) in [6.45, 7) is 1.16. The van der Waals surface area contributed by atoms with Gasteiger partial charge in [-0.15, -0.1) is 0 Å². The molecule has 2 nitrogen and oxygen atoms in total. The molecule has 17 heavy (non-hydrogen) atoms. The first-order valence-electron chi connectivity index (χ1n) is 6.37. The highest BCUT2D eigenvalue weighted by molar-refractivity contribution is 14.1. The van der Waals surface area contributed by atoms with Crippen molar-refractivity contribution < 1.29 is 0 Å². The lowest BCUT2D eigenvalue weighted by Gasteiger charge is -2.30. The molecule has 0 atom stereocenters.